The molecular weight excluding hydrogens is 188 g/mol. The summed E-state index contributed by atoms with van der Waals surface area (Å²) in [5.74, 6) is 0. The first-order valence-corrected chi connectivity index (χ1v) is 4.97. The molecule has 1 aromatic carbocycles. The molecule has 0 radical (unpaired) electrons. The highest BCUT2D eigenvalue weighted by Gasteiger charge is 2.19. The van der Waals surface area contributed by atoms with E-state index in [-0.39, 0.29) is 5.41 Å². The van der Waals surface area contributed by atoms with E-state index in [9.17, 15) is 5.21 Å². The van der Waals surface area contributed by atoms with E-state index >= 15 is 0 Å². The lowest BCUT2D eigenvalue weighted by atomic mass is 9.86. The van der Waals surface area contributed by atoms with Gasteiger partial charge < -0.3 is 5.21 Å². The van der Waals surface area contributed by atoms with Gasteiger partial charge in [0.2, 0.25) is 5.52 Å². The minimum atomic E-state index is 0.000856. The molecule has 0 unspecified atom stereocenters. The SMILES string of the molecule is CC(C)(C)c1cccc2c1ncc[n+]2[O-]. The van der Waals surface area contributed by atoms with Crippen LogP contribution in [-0.4, -0.2) is 4.98 Å². The fourth-order valence-corrected chi connectivity index (χ4v) is 1.70. The van der Waals surface area contributed by atoms with Gasteiger partial charge in [-0.05, 0) is 11.0 Å². The highest BCUT2D eigenvalue weighted by atomic mass is 16.5. The van der Waals surface area contributed by atoms with E-state index in [0.717, 1.165) is 15.8 Å². The molecule has 0 bridgehead atoms. The summed E-state index contributed by atoms with van der Waals surface area (Å²) in [7, 11) is 0. The summed E-state index contributed by atoms with van der Waals surface area (Å²) in [4.78, 5) is 4.29. The second-order valence-corrected chi connectivity index (χ2v) is 4.68. The predicted molar refractivity (Wildman–Crippen MR) is 59.4 cm³/mol. The van der Waals surface area contributed by atoms with Gasteiger partial charge in [0.1, 0.15) is 5.52 Å². The summed E-state index contributed by atoms with van der Waals surface area (Å²) in [6, 6.07) is 5.72. The molecule has 0 fully saturated rings. The van der Waals surface area contributed by atoms with E-state index in [1.54, 1.807) is 12.3 Å². The fourth-order valence-electron chi connectivity index (χ4n) is 1.70. The third-order valence-electron chi connectivity index (χ3n) is 2.47. The molecule has 15 heavy (non-hydrogen) atoms. The van der Waals surface area contributed by atoms with Crippen molar-refractivity contribution < 1.29 is 4.73 Å². The molecule has 0 aliphatic carbocycles. The molecule has 0 N–H and O–H groups in total. The first-order chi connectivity index (χ1) is 7.00. The van der Waals surface area contributed by atoms with Crippen molar-refractivity contribution in [3.05, 3.63) is 41.4 Å². The molecule has 1 heterocycles. The van der Waals surface area contributed by atoms with Gasteiger partial charge in [0.25, 0.3) is 0 Å². The van der Waals surface area contributed by atoms with Crippen molar-refractivity contribution in [2.75, 3.05) is 0 Å². The zero-order chi connectivity index (χ0) is 11.1. The first kappa shape index (κ1) is 9.90. The number of hydrogen-bond donors (Lipinski definition) is 0. The number of nitrogens with zero attached hydrogens (tertiary/aromatic N) is 2. The zero-order valence-electron chi connectivity index (χ0n) is 9.19. The van der Waals surface area contributed by atoms with Crippen LogP contribution in [0.2, 0.25) is 0 Å². The van der Waals surface area contributed by atoms with Crippen LogP contribution in [0, 0.1) is 5.21 Å². The summed E-state index contributed by atoms with van der Waals surface area (Å²) in [5.41, 5.74) is 2.53. The van der Waals surface area contributed by atoms with Gasteiger partial charge in [-0.3, -0.25) is 0 Å². The molecule has 0 atom stereocenters. The van der Waals surface area contributed by atoms with Gasteiger partial charge in [-0.1, -0.05) is 32.9 Å². The van der Waals surface area contributed by atoms with E-state index in [4.69, 9.17) is 0 Å². The Kier molecular flexibility index (Phi) is 2.11. The average Bonchev–Trinajstić information content (AvgIpc) is 2.16. The summed E-state index contributed by atoms with van der Waals surface area (Å²) in [6.07, 6.45) is 2.97. The highest BCUT2D eigenvalue weighted by molar-refractivity contribution is 5.76. The lowest BCUT2D eigenvalue weighted by Crippen LogP contribution is -2.27. The van der Waals surface area contributed by atoms with Crippen LogP contribution in [0.25, 0.3) is 11.0 Å². The Morgan fingerprint density at radius 3 is 2.67 bits per heavy atom. The highest BCUT2D eigenvalue weighted by Crippen LogP contribution is 2.26. The third kappa shape index (κ3) is 1.65. The van der Waals surface area contributed by atoms with Crippen LogP contribution in [0.1, 0.15) is 26.3 Å². The van der Waals surface area contributed by atoms with Crippen molar-refractivity contribution in [1.29, 1.82) is 0 Å². The molecule has 3 nitrogen and oxygen atoms in total. The van der Waals surface area contributed by atoms with Gasteiger partial charge in [0.15, 0.2) is 6.20 Å². The van der Waals surface area contributed by atoms with E-state index in [1.807, 2.05) is 12.1 Å². The zero-order valence-corrected chi connectivity index (χ0v) is 9.19. The van der Waals surface area contributed by atoms with Gasteiger partial charge in [0, 0.05) is 6.07 Å². The van der Waals surface area contributed by atoms with Crippen molar-refractivity contribution >= 4 is 11.0 Å². The third-order valence-corrected chi connectivity index (χ3v) is 2.47. The minimum Gasteiger partial charge on any atom is -0.618 e. The van der Waals surface area contributed by atoms with Crippen LogP contribution in [0.3, 0.4) is 0 Å². The maximum atomic E-state index is 11.5. The summed E-state index contributed by atoms with van der Waals surface area (Å²) in [6.45, 7) is 6.35. The van der Waals surface area contributed by atoms with Crippen LogP contribution in [0.15, 0.2) is 30.6 Å². The molecule has 2 rings (SSSR count). The van der Waals surface area contributed by atoms with Crippen LogP contribution < -0.4 is 4.73 Å². The average molecular weight is 202 g/mol. The Morgan fingerprint density at radius 1 is 1.27 bits per heavy atom. The van der Waals surface area contributed by atoms with Crippen molar-refractivity contribution in [3.63, 3.8) is 0 Å². The smallest absolute Gasteiger partial charge is 0.242 e. The van der Waals surface area contributed by atoms with Gasteiger partial charge in [-0.2, -0.15) is 4.73 Å². The van der Waals surface area contributed by atoms with Gasteiger partial charge in [0.05, 0.1) is 6.20 Å². The molecule has 0 amide bonds. The molecular formula is C12H14N2O. The lowest BCUT2D eigenvalue weighted by molar-refractivity contribution is -0.577. The van der Waals surface area contributed by atoms with E-state index in [2.05, 4.69) is 25.8 Å². The minimum absolute atomic E-state index is 0.000856. The Balaban J connectivity index is 2.83. The second-order valence-electron chi connectivity index (χ2n) is 4.68. The van der Waals surface area contributed by atoms with Crippen molar-refractivity contribution in [1.82, 2.24) is 4.98 Å². The maximum absolute atomic E-state index is 11.5. The number of benzene rings is 1. The second kappa shape index (κ2) is 3.19. The molecule has 78 valence electrons. The number of fused-ring (bicyclic) bond motifs is 1. The topological polar surface area (TPSA) is 39.8 Å². The van der Waals surface area contributed by atoms with Crippen molar-refractivity contribution in [3.8, 4) is 0 Å². The number of aromatic nitrogens is 2. The van der Waals surface area contributed by atoms with Crippen LogP contribution in [-0.2, 0) is 5.41 Å². The molecule has 2 aromatic rings. The molecule has 3 heteroatoms. The quantitative estimate of drug-likeness (QED) is 0.485. The molecule has 0 aliphatic heterocycles. The van der Waals surface area contributed by atoms with Crippen molar-refractivity contribution in [2.24, 2.45) is 0 Å². The van der Waals surface area contributed by atoms with Crippen LogP contribution in [0.4, 0.5) is 0 Å². The summed E-state index contributed by atoms with van der Waals surface area (Å²) >= 11 is 0. The summed E-state index contributed by atoms with van der Waals surface area (Å²) < 4.78 is 0.859. The monoisotopic (exact) mass is 202 g/mol. The van der Waals surface area contributed by atoms with Crippen LogP contribution in [0.5, 0.6) is 0 Å². The Morgan fingerprint density at radius 2 is 2.00 bits per heavy atom. The normalized spacial score (nSPS) is 11.9. The number of hydrogen-bond acceptors (Lipinski definition) is 2. The van der Waals surface area contributed by atoms with E-state index < -0.39 is 0 Å². The summed E-state index contributed by atoms with van der Waals surface area (Å²) in [5, 5.41) is 11.5. The molecule has 0 saturated heterocycles. The maximum Gasteiger partial charge on any atom is 0.242 e. The lowest BCUT2D eigenvalue weighted by Gasteiger charge is -2.19. The van der Waals surface area contributed by atoms with Gasteiger partial charge in [-0.15, -0.1) is 0 Å². The largest absolute Gasteiger partial charge is 0.618 e. The Bertz CT molecular complexity index is 500. The van der Waals surface area contributed by atoms with E-state index in [1.165, 1.54) is 6.20 Å². The van der Waals surface area contributed by atoms with Gasteiger partial charge >= 0.3 is 0 Å². The number of rotatable bonds is 0. The standard InChI is InChI=1S/C12H14N2O/c1-12(2,3)9-5-4-6-10-11(9)13-7-8-14(10)15/h4-8H,1-3H3. The molecule has 0 spiro atoms. The molecule has 0 saturated carbocycles. The Hall–Kier alpha value is -1.64. The molecule has 0 aliphatic rings. The fraction of sp³-hybridized carbons (Fsp3) is 0.333. The predicted octanol–water partition coefficient (Wildman–Crippen LogP) is 2.17. The van der Waals surface area contributed by atoms with Crippen LogP contribution >= 0.6 is 0 Å². The van der Waals surface area contributed by atoms with E-state index in [0.29, 0.717) is 5.52 Å². The Labute approximate surface area is 89.0 Å². The molecule has 1 aromatic heterocycles. The van der Waals surface area contributed by atoms with Gasteiger partial charge in [-0.25, -0.2) is 4.98 Å². The van der Waals surface area contributed by atoms with Crippen molar-refractivity contribution in [2.45, 2.75) is 26.2 Å². The first-order valence-electron chi connectivity index (χ1n) is 4.97. The number of para-hydroxylation sites is 1.